The van der Waals surface area contributed by atoms with Crippen molar-refractivity contribution in [1.29, 1.82) is 0 Å². The van der Waals surface area contributed by atoms with Crippen LogP contribution in [0.5, 0.6) is 11.6 Å². The molecule has 0 aliphatic rings. The summed E-state index contributed by atoms with van der Waals surface area (Å²) in [6.07, 6.45) is -6.44. The van der Waals surface area contributed by atoms with Crippen LogP contribution in [0.2, 0.25) is 10.0 Å². The third-order valence-corrected chi connectivity index (χ3v) is 4.87. The molecule has 0 amide bonds. The first-order valence-electron chi connectivity index (χ1n) is 9.40. The molecule has 172 valence electrons. The maximum atomic E-state index is 12.7. The number of halogens is 7. The van der Waals surface area contributed by atoms with Gasteiger partial charge in [0.25, 0.3) is 6.43 Å². The van der Waals surface area contributed by atoms with E-state index in [0.29, 0.717) is 28.8 Å². The highest BCUT2D eigenvalue weighted by atomic mass is 35.5. The van der Waals surface area contributed by atoms with E-state index in [1.807, 2.05) is 0 Å². The summed E-state index contributed by atoms with van der Waals surface area (Å²) < 4.78 is 68.9. The third kappa shape index (κ3) is 6.73. The molecule has 1 N–H and O–H groups in total. The molecule has 10 heteroatoms. The fraction of sp³-hybridized carbons (Fsp3) is 0.174. The molecule has 0 radical (unpaired) electrons. The molecular formula is C23H15Cl2F5N2O. The largest absolute Gasteiger partial charge is 0.438 e. The Morgan fingerprint density at radius 3 is 2.15 bits per heavy atom. The summed E-state index contributed by atoms with van der Waals surface area (Å²) in [5.74, 6) is 5.98. The molecule has 0 spiro atoms. The van der Waals surface area contributed by atoms with Gasteiger partial charge >= 0.3 is 6.18 Å². The molecule has 3 nitrogen and oxygen atoms in total. The van der Waals surface area contributed by atoms with Crippen LogP contribution in [-0.2, 0) is 6.18 Å². The monoisotopic (exact) mass is 500 g/mol. The summed E-state index contributed by atoms with van der Waals surface area (Å²) in [6.45, 7) is 1.35. The van der Waals surface area contributed by atoms with Crippen LogP contribution in [0, 0.1) is 11.8 Å². The minimum absolute atomic E-state index is 0.159. The van der Waals surface area contributed by atoms with Gasteiger partial charge in [0, 0.05) is 17.3 Å². The van der Waals surface area contributed by atoms with Gasteiger partial charge in [-0.25, -0.2) is 13.8 Å². The predicted molar refractivity (Wildman–Crippen MR) is 117 cm³/mol. The molecule has 0 aliphatic heterocycles. The van der Waals surface area contributed by atoms with Crippen LogP contribution in [0.15, 0.2) is 54.7 Å². The number of alkyl halides is 5. The van der Waals surface area contributed by atoms with E-state index < -0.39 is 24.2 Å². The van der Waals surface area contributed by atoms with Gasteiger partial charge in [0.1, 0.15) is 10.8 Å². The molecule has 2 aromatic carbocycles. The molecule has 0 saturated heterocycles. The first kappa shape index (κ1) is 24.6. The van der Waals surface area contributed by atoms with Crippen molar-refractivity contribution in [3.63, 3.8) is 0 Å². The lowest BCUT2D eigenvalue weighted by atomic mass is 10.1. The predicted octanol–water partition coefficient (Wildman–Crippen LogP) is 7.66. The Balaban J connectivity index is 1.68. The van der Waals surface area contributed by atoms with E-state index in [1.165, 1.54) is 6.92 Å². The second-order valence-corrected chi connectivity index (χ2v) is 7.66. The van der Waals surface area contributed by atoms with Gasteiger partial charge in [-0.3, -0.25) is 0 Å². The van der Waals surface area contributed by atoms with Crippen LogP contribution < -0.4 is 10.1 Å². The average molecular weight is 501 g/mol. The van der Waals surface area contributed by atoms with Crippen LogP contribution in [-0.4, -0.2) is 17.5 Å². The molecule has 1 unspecified atom stereocenters. The summed E-state index contributed by atoms with van der Waals surface area (Å²) in [5, 5.41) is 2.63. The van der Waals surface area contributed by atoms with Crippen molar-refractivity contribution in [3.8, 4) is 23.5 Å². The van der Waals surface area contributed by atoms with Gasteiger partial charge in [-0.15, -0.1) is 0 Å². The SMILES string of the molecule is CC(Nc1ccc(C#Cc2ccc(Oc3ncc(C(F)(F)F)cc3Cl)cc2)cc1Cl)C(F)F. The first-order chi connectivity index (χ1) is 15.5. The standard InChI is InChI=1S/C23H15Cl2F5N2O/c1-13(21(26)27)32-20-9-6-15(10-18(20)24)3-2-14-4-7-17(8-5-14)33-22-19(25)11-16(12-31-22)23(28,29)30/h4-13,21,32H,1H3. The number of benzene rings is 2. The molecule has 1 aromatic heterocycles. The van der Waals surface area contributed by atoms with Gasteiger partial charge in [0.05, 0.1) is 22.3 Å². The molecule has 3 aromatic rings. The van der Waals surface area contributed by atoms with Crippen molar-refractivity contribution >= 4 is 28.9 Å². The zero-order valence-electron chi connectivity index (χ0n) is 16.9. The van der Waals surface area contributed by atoms with Crippen molar-refractivity contribution in [3.05, 3.63) is 81.5 Å². The lowest BCUT2D eigenvalue weighted by Crippen LogP contribution is -2.23. The number of hydrogen-bond donors (Lipinski definition) is 1. The zero-order valence-corrected chi connectivity index (χ0v) is 18.4. The molecule has 0 fully saturated rings. The number of pyridine rings is 1. The van der Waals surface area contributed by atoms with Crippen molar-refractivity contribution in [1.82, 2.24) is 4.98 Å². The van der Waals surface area contributed by atoms with E-state index in [-0.39, 0.29) is 15.9 Å². The smallest absolute Gasteiger partial charge is 0.417 e. The highest BCUT2D eigenvalue weighted by Crippen LogP contribution is 2.34. The maximum absolute atomic E-state index is 12.7. The third-order valence-electron chi connectivity index (χ3n) is 4.28. The number of rotatable bonds is 5. The van der Waals surface area contributed by atoms with Crippen molar-refractivity contribution in [2.45, 2.75) is 25.6 Å². The summed E-state index contributed by atoms with van der Waals surface area (Å²) in [4.78, 5) is 3.62. The van der Waals surface area contributed by atoms with Crippen molar-refractivity contribution in [2.75, 3.05) is 5.32 Å². The Hall–Kier alpha value is -3.02. The zero-order chi connectivity index (χ0) is 24.2. The van der Waals surface area contributed by atoms with E-state index in [4.69, 9.17) is 27.9 Å². The Labute approximate surface area is 196 Å². The molecule has 33 heavy (non-hydrogen) atoms. The molecule has 3 rings (SSSR count). The summed E-state index contributed by atoms with van der Waals surface area (Å²) >= 11 is 12.0. The normalized spacial score (nSPS) is 12.2. The Morgan fingerprint density at radius 2 is 1.58 bits per heavy atom. The van der Waals surface area contributed by atoms with Crippen LogP contribution in [0.25, 0.3) is 0 Å². The molecular weight excluding hydrogens is 486 g/mol. The average Bonchev–Trinajstić information content (AvgIpc) is 2.75. The van der Waals surface area contributed by atoms with E-state index in [0.717, 1.165) is 6.07 Å². The van der Waals surface area contributed by atoms with Gasteiger partial charge in [-0.2, -0.15) is 13.2 Å². The van der Waals surface area contributed by atoms with Gasteiger partial charge < -0.3 is 10.1 Å². The van der Waals surface area contributed by atoms with E-state index in [1.54, 1.807) is 42.5 Å². The van der Waals surface area contributed by atoms with E-state index in [9.17, 15) is 22.0 Å². The van der Waals surface area contributed by atoms with Crippen LogP contribution >= 0.6 is 23.2 Å². The fourth-order valence-electron chi connectivity index (χ4n) is 2.54. The second kappa shape index (κ2) is 10.3. The lowest BCUT2D eigenvalue weighted by Gasteiger charge is -2.15. The van der Waals surface area contributed by atoms with Crippen LogP contribution in [0.4, 0.5) is 27.6 Å². The Kier molecular flexibility index (Phi) is 7.67. The van der Waals surface area contributed by atoms with Gasteiger partial charge in [0.2, 0.25) is 5.88 Å². The molecule has 0 bridgehead atoms. The minimum atomic E-state index is -4.55. The van der Waals surface area contributed by atoms with Crippen molar-refractivity contribution < 1.29 is 26.7 Å². The summed E-state index contributed by atoms with van der Waals surface area (Å²) in [7, 11) is 0. The van der Waals surface area contributed by atoms with Gasteiger partial charge in [0.15, 0.2) is 0 Å². The summed E-state index contributed by atoms with van der Waals surface area (Å²) in [5.41, 5.74) is 0.611. The molecule has 1 heterocycles. The van der Waals surface area contributed by atoms with E-state index >= 15 is 0 Å². The van der Waals surface area contributed by atoms with Gasteiger partial charge in [-0.05, 0) is 55.5 Å². The number of aromatic nitrogens is 1. The number of anilines is 1. The van der Waals surface area contributed by atoms with Gasteiger partial charge in [-0.1, -0.05) is 35.0 Å². The topological polar surface area (TPSA) is 34.1 Å². The molecule has 0 saturated carbocycles. The molecule has 1 atom stereocenters. The van der Waals surface area contributed by atoms with Crippen LogP contribution in [0.3, 0.4) is 0 Å². The quantitative estimate of drug-likeness (QED) is 0.288. The molecule has 0 aliphatic carbocycles. The second-order valence-electron chi connectivity index (χ2n) is 6.85. The lowest BCUT2D eigenvalue weighted by molar-refractivity contribution is -0.137. The Bertz CT molecular complexity index is 1190. The minimum Gasteiger partial charge on any atom is -0.438 e. The summed E-state index contributed by atoms with van der Waals surface area (Å²) in [6, 6.07) is 10.9. The first-order valence-corrected chi connectivity index (χ1v) is 10.2. The van der Waals surface area contributed by atoms with E-state index in [2.05, 4.69) is 22.1 Å². The number of ether oxygens (including phenoxy) is 1. The highest BCUT2D eigenvalue weighted by Gasteiger charge is 2.31. The Morgan fingerprint density at radius 1 is 0.939 bits per heavy atom. The highest BCUT2D eigenvalue weighted by molar-refractivity contribution is 6.33. The maximum Gasteiger partial charge on any atom is 0.417 e. The number of hydrogen-bond acceptors (Lipinski definition) is 3. The number of nitrogens with one attached hydrogen (secondary N) is 1. The van der Waals surface area contributed by atoms with Crippen LogP contribution in [0.1, 0.15) is 23.6 Å². The van der Waals surface area contributed by atoms with Crippen molar-refractivity contribution in [2.24, 2.45) is 0 Å². The fourth-order valence-corrected chi connectivity index (χ4v) is 2.98. The number of nitrogens with zero attached hydrogens (tertiary/aromatic N) is 1.